The predicted molar refractivity (Wildman–Crippen MR) is 171 cm³/mol. The van der Waals surface area contributed by atoms with E-state index in [1.807, 2.05) is 6.08 Å². The van der Waals surface area contributed by atoms with Gasteiger partial charge in [-0.2, -0.15) is 0 Å². The second-order valence-corrected chi connectivity index (χ2v) is 10.9. The van der Waals surface area contributed by atoms with Crippen molar-refractivity contribution in [2.75, 3.05) is 13.2 Å². The number of ether oxygens (including phenoxy) is 1. The molecule has 0 aliphatic rings. The standard InChI is InChI=1S/C34H58N2O7/c1-3-5-7-8-9-10-11-12-13-14-15-16-22-26-33(40)43-29(23-19-6-4-2)24-20-17-18-21-25-31(38)35-27-32(39)36-30(28-37)34(41)42/h7-8,10-11,19,23,29-30,37H,3-6,9,12-18,20-22,24-28H2,1-2H3,(H,35,38)(H,36,39)(H,41,42)/b8-7-,11-10-,23-19-. The van der Waals surface area contributed by atoms with Crippen LogP contribution in [0.3, 0.4) is 0 Å². The van der Waals surface area contributed by atoms with E-state index in [1.165, 1.54) is 19.3 Å². The van der Waals surface area contributed by atoms with Gasteiger partial charge in [0.25, 0.3) is 0 Å². The fraction of sp³-hybridized carbons (Fsp3) is 0.706. The summed E-state index contributed by atoms with van der Waals surface area (Å²) in [4.78, 5) is 46.9. The average molecular weight is 607 g/mol. The number of hydrogen-bond acceptors (Lipinski definition) is 6. The van der Waals surface area contributed by atoms with E-state index in [0.29, 0.717) is 12.8 Å². The molecule has 0 saturated heterocycles. The van der Waals surface area contributed by atoms with E-state index in [4.69, 9.17) is 14.9 Å². The summed E-state index contributed by atoms with van der Waals surface area (Å²) in [5.74, 6) is -2.44. The molecule has 0 spiro atoms. The largest absolute Gasteiger partial charge is 0.480 e. The Morgan fingerprint density at radius 1 is 0.721 bits per heavy atom. The van der Waals surface area contributed by atoms with Crippen molar-refractivity contribution in [1.29, 1.82) is 0 Å². The summed E-state index contributed by atoms with van der Waals surface area (Å²) < 4.78 is 5.76. The number of allylic oxidation sites excluding steroid dienone is 5. The van der Waals surface area contributed by atoms with Crippen LogP contribution >= 0.6 is 0 Å². The molecular weight excluding hydrogens is 548 g/mol. The van der Waals surface area contributed by atoms with E-state index in [-0.39, 0.29) is 30.9 Å². The quantitative estimate of drug-likeness (QED) is 0.0465. The Morgan fingerprint density at radius 2 is 1.33 bits per heavy atom. The number of aliphatic hydroxyl groups is 1. The van der Waals surface area contributed by atoms with Gasteiger partial charge in [-0.1, -0.05) is 89.2 Å². The van der Waals surface area contributed by atoms with Gasteiger partial charge in [0.1, 0.15) is 12.1 Å². The number of carbonyl (C=O) groups is 4. The minimum atomic E-state index is -1.39. The van der Waals surface area contributed by atoms with E-state index in [9.17, 15) is 19.2 Å². The third-order valence-electron chi connectivity index (χ3n) is 6.81. The van der Waals surface area contributed by atoms with Gasteiger partial charge in [-0.05, 0) is 63.9 Å². The zero-order valence-electron chi connectivity index (χ0n) is 26.7. The normalized spacial score (nSPS) is 13.0. The average Bonchev–Trinajstić information content (AvgIpc) is 2.98. The van der Waals surface area contributed by atoms with Crippen LogP contribution in [-0.4, -0.2) is 59.3 Å². The van der Waals surface area contributed by atoms with Crippen LogP contribution in [0.4, 0.5) is 0 Å². The molecule has 246 valence electrons. The topological polar surface area (TPSA) is 142 Å². The molecule has 0 aliphatic heterocycles. The van der Waals surface area contributed by atoms with Crippen molar-refractivity contribution in [3.05, 3.63) is 36.5 Å². The van der Waals surface area contributed by atoms with Crippen LogP contribution in [-0.2, 0) is 23.9 Å². The Morgan fingerprint density at radius 3 is 2.00 bits per heavy atom. The van der Waals surface area contributed by atoms with Crippen molar-refractivity contribution in [1.82, 2.24) is 10.6 Å². The number of carboxylic acid groups (broad SMARTS) is 1. The van der Waals surface area contributed by atoms with Gasteiger partial charge in [-0.25, -0.2) is 4.79 Å². The summed E-state index contributed by atoms with van der Waals surface area (Å²) >= 11 is 0. The molecule has 0 rings (SSSR count). The van der Waals surface area contributed by atoms with E-state index >= 15 is 0 Å². The van der Waals surface area contributed by atoms with Gasteiger partial charge in [-0.15, -0.1) is 0 Å². The molecule has 0 aromatic heterocycles. The van der Waals surface area contributed by atoms with Crippen LogP contribution in [0.2, 0.25) is 0 Å². The van der Waals surface area contributed by atoms with Crippen molar-refractivity contribution in [3.63, 3.8) is 0 Å². The second-order valence-electron chi connectivity index (χ2n) is 10.9. The lowest BCUT2D eigenvalue weighted by molar-refractivity contribution is -0.147. The lowest BCUT2D eigenvalue weighted by Gasteiger charge is -2.15. The molecule has 0 aromatic carbocycles. The summed E-state index contributed by atoms with van der Waals surface area (Å²) in [6.45, 7) is 3.23. The lowest BCUT2D eigenvalue weighted by Crippen LogP contribution is -2.47. The highest BCUT2D eigenvalue weighted by molar-refractivity contribution is 5.87. The van der Waals surface area contributed by atoms with E-state index in [2.05, 4.69) is 54.9 Å². The number of aliphatic carboxylic acids is 1. The second kappa shape index (κ2) is 29.1. The first-order chi connectivity index (χ1) is 20.8. The molecule has 43 heavy (non-hydrogen) atoms. The fourth-order valence-electron chi connectivity index (χ4n) is 4.25. The van der Waals surface area contributed by atoms with E-state index in [1.54, 1.807) is 0 Å². The molecule has 0 heterocycles. The Bertz CT molecular complexity index is 839. The fourth-order valence-corrected chi connectivity index (χ4v) is 4.25. The number of unbranched alkanes of at least 4 members (excludes halogenated alkanes) is 10. The third-order valence-corrected chi connectivity index (χ3v) is 6.81. The predicted octanol–water partition coefficient (Wildman–Crippen LogP) is 6.31. The van der Waals surface area contributed by atoms with E-state index < -0.39 is 24.5 Å². The molecule has 0 saturated carbocycles. The lowest BCUT2D eigenvalue weighted by atomic mass is 10.1. The Hall–Kier alpha value is -2.94. The molecule has 0 fully saturated rings. The Kier molecular flexibility index (Phi) is 27.2. The van der Waals surface area contributed by atoms with Crippen molar-refractivity contribution in [3.8, 4) is 0 Å². The van der Waals surface area contributed by atoms with Gasteiger partial charge >= 0.3 is 11.9 Å². The zero-order chi connectivity index (χ0) is 32.0. The summed E-state index contributed by atoms with van der Waals surface area (Å²) in [7, 11) is 0. The summed E-state index contributed by atoms with van der Waals surface area (Å²) in [5.41, 5.74) is 0. The minimum absolute atomic E-state index is 0.139. The summed E-state index contributed by atoms with van der Waals surface area (Å²) in [6, 6.07) is -1.39. The Balaban J connectivity index is 4.06. The van der Waals surface area contributed by atoms with E-state index in [0.717, 1.165) is 77.0 Å². The summed E-state index contributed by atoms with van der Waals surface area (Å²) in [5, 5.41) is 22.4. The Labute approximate surface area is 259 Å². The van der Waals surface area contributed by atoms with Crippen LogP contribution in [0.15, 0.2) is 36.5 Å². The number of nitrogens with one attached hydrogen (secondary N) is 2. The minimum Gasteiger partial charge on any atom is -0.480 e. The van der Waals surface area contributed by atoms with Gasteiger partial charge in [0, 0.05) is 12.8 Å². The highest BCUT2D eigenvalue weighted by Gasteiger charge is 2.18. The highest BCUT2D eigenvalue weighted by atomic mass is 16.5. The van der Waals surface area contributed by atoms with Gasteiger partial charge < -0.3 is 25.6 Å². The number of carboxylic acids is 1. The van der Waals surface area contributed by atoms with Crippen LogP contribution < -0.4 is 10.6 Å². The number of amides is 2. The maximum Gasteiger partial charge on any atom is 0.328 e. The monoisotopic (exact) mass is 606 g/mol. The first-order valence-electron chi connectivity index (χ1n) is 16.4. The molecule has 4 N–H and O–H groups in total. The number of carbonyl (C=O) groups excluding carboxylic acids is 3. The van der Waals surface area contributed by atoms with Crippen molar-refractivity contribution >= 4 is 23.8 Å². The SMILES string of the molecule is CCC/C=C\C/C=C\CCCCCCCC(=O)OC(/C=C\CCC)CCCCCCC(=O)NCC(=O)NC(CO)C(=O)O. The van der Waals surface area contributed by atoms with Crippen LogP contribution in [0.25, 0.3) is 0 Å². The van der Waals surface area contributed by atoms with Gasteiger partial charge in [0.05, 0.1) is 13.2 Å². The third kappa shape index (κ3) is 26.4. The highest BCUT2D eigenvalue weighted by Crippen LogP contribution is 2.14. The van der Waals surface area contributed by atoms with Crippen molar-refractivity contribution < 1.29 is 34.1 Å². The number of rotatable bonds is 28. The van der Waals surface area contributed by atoms with Crippen molar-refractivity contribution in [2.24, 2.45) is 0 Å². The van der Waals surface area contributed by atoms with Crippen LogP contribution in [0.5, 0.6) is 0 Å². The number of esters is 1. The maximum absolute atomic E-state index is 12.4. The molecule has 2 unspecified atom stereocenters. The smallest absolute Gasteiger partial charge is 0.328 e. The zero-order valence-corrected chi connectivity index (χ0v) is 26.7. The number of aliphatic hydroxyl groups excluding tert-OH is 1. The van der Waals surface area contributed by atoms with Crippen LogP contribution in [0, 0.1) is 0 Å². The molecule has 0 radical (unpaired) electrons. The summed E-state index contributed by atoms with van der Waals surface area (Å²) in [6.07, 6.45) is 29.4. The maximum atomic E-state index is 12.4. The first-order valence-corrected chi connectivity index (χ1v) is 16.4. The molecular formula is C34H58N2O7. The molecule has 9 nitrogen and oxygen atoms in total. The molecule has 2 atom stereocenters. The van der Waals surface area contributed by atoms with Gasteiger partial charge in [0.15, 0.2) is 0 Å². The molecule has 9 heteroatoms. The van der Waals surface area contributed by atoms with Gasteiger partial charge in [-0.3, -0.25) is 14.4 Å². The first kappa shape index (κ1) is 40.1. The molecule has 2 amide bonds. The number of hydrogen-bond donors (Lipinski definition) is 4. The molecule has 0 aromatic rings. The van der Waals surface area contributed by atoms with Crippen molar-refractivity contribution in [2.45, 2.75) is 142 Å². The van der Waals surface area contributed by atoms with Crippen LogP contribution in [0.1, 0.15) is 129 Å². The van der Waals surface area contributed by atoms with Gasteiger partial charge in [0.2, 0.25) is 11.8 Å². The molecule has 0 aliphatic carbocycles. The molecule has 0 bridgehead atoms.